The van der Waals surface area contributed by atoms with Crippen molar-refractivity contribution in [1.29, 1.82) is 0 Å². The predicted octanol–water partition coefficient (Wildman–Crippen LogP) is 2.00. The number of nitrogens with one attached hydrogen (secondary N) is 1. The molecule has 5 heteroatoms. The highest BCUT2D eigenvalue weighted by Gasteiger charge is 2.23. The molecule has 0 radical (unpaired) electrons. The molecule has 0 bridgehead atoms. The Kier molecular flexibility index (Phi) is 4.33. The summed E-state index contributed by atoms with van der Waals surface area (Å²) in [5.41, 5.74) is 2.45. The highest BCUT2D eigenvalue weighted by atomic mass is 32.2. The molecule has 0 spiro atoms. The summed E-state index contributed by atoms with van der Waals surface area (Å²) in [7, 11) is -3.43. The zero-order valence-electron chi connectivity index (χ0n) is 12.2. The minimum Gasteiger partial charge on any atom is -0.393 e. The molecule has 0 saturated heterocycles. The molecule has 0 aliphatic heterocycles. The SMILES string of the molecule is O=S(=O)(NCC1CCCC(O)C1)c1ccc2c(c1)CCC2. The Hall–Kier alpha value is -0.910. The summed E-state index contributed by atoms with van der Waals surface area (Å²) in [4.78, 5) is 0.375. The summed E-state index contributed by atoms with van der Waals surface area (Å²) < 4.78 is 27.5. The minimum absolute atomic E-state index is 0.248. The molecule has 21 heavy (non-hydrogen) atoms. The third kappa shape index (κ3) is 3.47. The zero-order valence-corrected chi connectivity index (χ0v) is 13.0. The van der Waals surface area contributed by atoms with E-state index in [2.05, 4.69) is 4.72 Å². The van der Waals surface area contributed by atoms with Crippen molar-refractivity contribution in [3.05, 3.63) is 29.3 Å². The number of aliphatic hydroxyl groups is 1. The van der Waals surface area contributed by atoms with Crippen molar-refractivity contribution in [1.82, 2.24) is 4.72 Å². The van der Waals surface area contributed by atoms with E-state index in [4.69, 9.17) is 0 Å². The average Bonchev–Trinajstić information content (AvgIpc) is 2.93. The molecule has 0 amide bonds. The highest BCUT2D eigenvalue weighted by molar-refractivity contribution is 7.89. The van der Waals surface area contributed by atoms with Gasteiger partial charge in [-0.15, -0.1) is 0 Å². The monoisotopic (exact) mass is 309 g/mol. The fourth-order valence-electron chi connectivity index (χ4n) is 3.47. The van der Waals surface area contributed by atoms with Crippen LogP contribution in [-0.4, -0.2) is 26.2 Å². The van der Waals surface area contributed by atoms with E-state index in [-0.39, 0.29) is 12.0 Å². The summed E-state index contributed by atoms with van der Waals surface area (Å²) in [5, 5.41) is 9.65. The molecule has 1 saturated carbocycles. The number of hydrogen-bond acceptors (Lipinski definition) is 3. The molecule has 2 unspecified atom stereocenters. The van der Waals surface area contributed by atoms with Crippen molar-refractivity contribution in [3.8, 4) is 0 Å². The smallest absolute Gasteiger partial charge is 0.240 e. The van der Waals surface area contributed by atoms with Crippen LogP contribution in [0.3, 0.4) is 0 Å². The maximum atomic E-state index is 12.4. The first-order chi connectivity index (χ1) is 10.0. The standard InChI is InChI=1S/C16H23NO3S/c18-15-6-1-3-12(9-15)11-17-21(19,20)16-8-7-13-4-2-5-14(13)10-16/h7-8,10,12,15,17-18H,1-6,9,11H2. The number of sulfonamides is 1. The van der Waals surface area contributed by atoms with Crippen LogP contribution >= 0.6 is 0 Å². The van der Waals surface area contributed by atoms with Gasteiger partial charge in [0.15, 0.2) is 0 Å². The first kappa shape index (κ1) is 15.0. The third-order valence-corrected chi connectivity index (χ3v) is 6.12. The van der Waals surface area contributed by atoms with Gasteiger partial charge in [0.05, 0.1) is 11.0 Å². The number of benzene rings is 1. The average molecular weight is 309 g/mol. The van der Waals surface area contributed by atoms with Gasteiger partial charge in [-0.25, -0.2) is 13.1 Å². The van der Waals surface area contributed by atoms with E-state index < -0.39 is 10.0 Å². The molecular weight excluding hydrogens is 286 g/mol. The van der Waals surface area contributed by atoms with Crippen LogP contribution in [0, 0.1) is 5.92 Å². The summed E-state index contributed by atoms with van der Waals surface area (Å²) >= 11 is 0. The van der Waals surface area contributed by atoms with Gasteiger partial charge >= 0.3 is 0 Å². The van der Waals surface area contributed by atoms with Gasteiger partial charge in [-0.2, -0.15) is 0 Å². The zero-order chi connectivity index (χ0) is 14.9. The van der Waals surface area contributed by atoms with Crippen LogP contribution in [0.15, 0.2) is 23.1 Å². The molecule has 116 valence electrons. The van der Waals surface area contributed by atoms with Gasteiger partial charge in [-0.1, -0.05) is 12.5 Å². The minimum atomic E-state index is -3.43. The summed E-state index contributed by atoms with van der Waals surface area (Å²) in [6, 6.07) is 5.48. The van der Waals surface area contributed by atoms with Gasteiger partial charge in [-0.3, -0.25) is 0 Å². The van der Waals surface area contributed by atoms with Crippen molar-refractivity contribution in [3.63, 3.8) is 0 Å². The molecular formula is C16H23NO3S. The van der Waals surface area contributed by atoms with Crippen LogP contribution in [-0.2, 0) is 22.9 Å². The Bertz CT molecular complexity index is 612. The van der Waals surface area contributed by atoms with Gasteiger partial charge in [0.25, 0.3) is 0 Å². The Labute approximate surface area is 126 Å². The van der Waals surface area contributed by atoms with Crippen LogP contribution in [0.5, 0.6) is 0 Å². The summed E-state index contributed by atoms with van der Waals surface area (Å²) in [6.07, 6.45) is 6.40. The summed E-state index contributed by atoms with van der Waals surface area (Å²) in [6.45, 7) is 0.427. The quantitative estimate of drug-likeness (QED) is 0.894. The van der Waals surface area contributed by atoms with E-state index in [0.717, 1.165) is 38.5 Å². The Morgan fingerprint density at radius 2 is 1.95 bits per heavy atom. The van der Waals surface area contributed by atoms with E-state index in [1.54, 1.807) is 6.07 Å². The van der Waals surface area contributed by atoms with Gasteiger partial charge in [-0.05, 0) is 67.7 Å². The van der Waals surface area contributed by atoms with Gasteiger partial charge in [0.1, 0.15) is 0 Å². The van der Waals surface area contributed by atoms with Crippen molar-refractivity contribution < 1.29 is 13.5 Å². The molecule has 4 nitrogen and oxygen atoms in total. The molecule has 3 rings (SSSR count). The van der Waals surface area contributed by atoms with Gasteiger partial charge in [0, 0.05) is 6.54 Å². The first-order valence-corrected chi connectivity index (χ1v) is 9.32. The van der Waals surface area contributed by atoms with E-state index in [1.165, 1.54) is 11.1 Å². The molecule has 1 aromatic carbocycles. The lowest BCUT2D eigenvalue weighted by Crippen LogP contribution is -2.33. The fraction of sp³-hybridized carbons (Fsp3) is 0.625. The Morgan fingerprint density at radius 1 is 1.14 bits per heavy atom. The van der Waals surface area contributed by atoms with Gasteiger partial charge in [0.2, 0.25) is 10.0 Å². The largest absolute Gasteiger partial charge is 0.393 e. The third-order valence-electron chi connectivity index (χ3n) is 4.70. The van der Waals surface area contributed by atoms with Crippen molar-refractivity contribution in [2.24, 2.45) is 5.92 Å². The second kappa shape index (κ2) is 6.07. The molecule has 0 heterocycles. The molecule has 0 aromatic heterocycles. The van der Waals surface area contributed by atoms with E-state index in [0.29, 0.717) is 17.9 Å². The number of aliphatic hydroxyl groups excluding tert-OH is 1. The lowest BCUT2D eigenvalue weighted by Gasteiger charge is -2.25. The molecule has 1 aromatic rings. The van der Waals surface area contributed by atoms with Crippen LogP contribution in [0.25, 0.3) is 0 Å². The number of aryl methyl sites for hydroxylation is 2. The normalized spacial score (nSPS) is 25.8. The number of hydrogen-bond donors (Lipinski definition) is 2. The van der Waals surface area contributed by atoms with Crippen molar-refractivity contribution >= 4 is 10.0 Å². The molecule has 2 atom stereocenters. The molecule has 2 aliphatic carbocycles. The maximum Gasteiger partial charge on any atom is 0.240 e. The predicted molar refractivity (Wildman–Crippen MR) is 81.6 cm³/mol. The van der Waals surface area contributed by atoms with Crippen LogP contribution in [0.4, 0.5) is 0 Å². The number of rotatable bonds is 4. The molecule has 1 fully saturated rings. The topological polar surface area (TPSA) is 66.4 Å². The van der Waals surface area contributed by atoms with Crippen molar-refractivity contribution in [2.75, 3.05) is 6.54 Å². The van der Waals surface area contributed by atoms with E-state index >= 15 is 0 Å². The second-order valence-corrected chi connectivity index (χ2v) is 8.09. The van der Waals surface area contributed by atoms with Gasteiger partial charge < -0.3 is 5.11 Å². The first-order valence-electron chi connectivity index (χ1n) is 7.84. The lowest BCUT2D eigenvalue weighted by molar-refractivity contribution is 0.102. The van der Waals surface area contributed by atoms with Crippen LogP contribution < -0.4 is 4.72 Å². The molecule has 2 N–H and O–H groups in total. The Balaban J connectivity index is 1.66. The fourth-order valence-corrected chi connectivity index (χ4v) is 4.64. The maximum absolute atomic E-state index is 12.4. The summed E-state index contributed by atoms with van der Waals surface area (Å²) in [5.74, 6) is 0.248. The van der Waals surface area contributed by atoms with Crippen LogP contribution in [0.1, 0.15) is 43.2 Å². The second-order valence-electron chi connectivity index (χ2n) is 6.32. The number of fused-ring (bicyclic) bond motifs is 1. The molecule has 2 aliphatic rings. The Morgan fingerprint density at radius 3 is 2.76 bits per heavy atom. The van der Waals surface area contributed by atoms with E-state index in [1.807, 2.05) is 12.1 Å². The van der Waals surface area contributed by atoms with Crippen molar-refractivity contribution in [2.45, 2.75) is 55.9 Å². The van der Waals surface area contributed by atoms with E-state index in [9.17, 15) is 13.5 Å². The highest BCUT2D eigenvalue weighted by Crippen LogP contribution is 2.26. The van der Waals surface area contributed by atoms with Crippen LogP contribution in [0.2, 0.25) is 0 Å². The lowest BCUT2D eigenvalue weighted by atomic mass is 9.87.